The predicted octanol–water partition coefficient (Wildman–Crippen LogP) is 4.30. The summed E-state index contributed by atoms with van der Waals surface area (Å²) in [6.45, 7) is 0. The summed E-state index contributed by atoms with van der Waals surface area (Å²) in [6, 6.07) is 14.6. The van der Waals surface area contributed by atoms with E-state index in [4.69, 9.17) is 14.0 Å². The molecule has 0 bridgehead atoms. The van der Waals surface area contributed by atoms with Crippen molar-refractivity contribution in [2.45, 2.75) is 6.42 Å². The van der Waals surface area contributed by atoms with E-state index in [1.54, 1.807) is 32.4 Å². The van der Waals surface area contributed by atoms with E-state index in [0.717, 1.165) is 10.0 Å². The molecule has 0 saturated heterocycles. The smallest absolute Gasteiger partial charge is 0.230 e. The zero-order chi connectivity index (χ0) is 18.5. The van der Waals surface area contributed by atoms with Crippen molar-refractivity contribution in [3.63, 3.8) is 0 Å². The molecule has 0 radical (unpaired) electrons. The molecule has 6 nitrogen and oxygen atoms in total. The van der Waals surface area contributed by atoms with Gasteiger partial charge in [0.15, 0.2) is 17.3 Å². The van der Waals surface area contributed by atoms with Gasteiger partial charge in [-0.1, -0.05) is 27.2 Å². The standard InChI is InChI=1S/C19H17BrN2O4/c1-24-16-7-6-12(8-18(16)25-2)17-10-15(22-26-17)11-19(23)21-14-5-3-4-13(20)9-14/h3-10H,11H2,1-2H3,(H,21,23). The summed E-state index contributed by atoms with van der Waals surface area (Å²) in [5.74, 6) is 1.60. The Labute approximate surface area is 159 Å². The molecule has 1 N–H and O–H groups in total. The molecule has 0 fully saturated rings. The molecule has 134 valence electrons. The van der Waals surface area contributed by atoms with Crippen LogP contribution < -0.4 is 14.8 Å². The number of nitrogens with one attached hydrogen (secondary N) is 1. The van der Waals surface area contributed by atoms with Crippen LogP contribution in [0.5, 0.6) is 11.5 Å². The van der Waals surface area contributed by atoms with E-state index < -0.39 is 0 Å². The van der Waals surface area contributed by atoms with Gasteiger partial charge in [0.25, 0.3) is 0 Å². The highest BCUT2D eigenvalue weighted by atomic mass is 79.9. The third-order valence-electron chi connectivity index (χ3n) is 3.68. The highest BCUT2D eigenvalue weighted by Gasteiger charge is 2.13. The lowest BCUT2D eigenvalue weighted by atomic mass is 10.1. The van der Waals surface area contributed by atoms with E-state index in [-0.39, 0.29) is 12.3 Å². The number of rotatable bonds is 6. The number of halogens is 1. The number of amides is 1. The van der Waals surface area contributed by atoms with Gasteiger partial charge in [0.2, 0.25) is 5.91 Å². The largest absolute Gasteiger partial charge is 0.493 e. The molecule has 0 aliphatic rings. The van der Waals surface area contributed by atoms with Crippen molar-refractivity contribution in [3.05, 3.63) is 58.7 Å². The van der Waals surface area contributed by atoms with E-state index in [1.807, 2.05) is 30.3 Å². The van der Waals surface area contributed by atoms with Crippen molar-refractivity contribution in [3.8, 4) is 22.8 Å². The van der Waals surface area contributed by atoms with E-state index in [0.29, 0.717) is 28.6 Å². The van der Waals surface area contributed by atoms with Gasteiger partial charge in [0.05, 0.1) is 26.3 Å². The molecular weight excluding hydrogens is 400 g/mol. The first-order valence-corrected chi connectivity index (χ1v) is 8.62. The number of hydrogen-bond donors (Lipinski definition) is 1. The van der Waals surface area contributed by atoms with Gasteiger partial charge < -0.3 is 19.3 Å². The highest BCUT2D eigenvalue weighted by Crippen LogP contribution is 2.32. The molecule has 1 aromatic heterocycles. The second-order valence-corrected chi connectivity index (χ2v) is 6.40. The fourth-order valence-corrected chi connectivity index (χ4v) is 2.86. The lowest BCUT2D eigenvalue weighted by Gasteiger charge is -2.07. The molecule has 1 amide bonds. The molecule has 0 aliphatic carbocycles. The predicted molar refractivity (Wildman–Crippen MR) is 102 cm³/mol. The first-order valence-electron chi connectivity index (χ1n) is 7.82. The van der Waals surface area contributed by atoms with Gasteiger partial charge in [-0.3, -0.25) is 4.79 Å². The lowest BCUT2D eigenvalue weighted by Crippen LogP contribution is -2.14. The first kappa shape index (κ1) is 18.0. The van der Waals surface area contributed by atoms with Gasteiger partial charge >= 0.3 is 0 Å². The number of nitrogens with zero attached hydrogens (tertiary/aromatic N) is 1. The van der Waals surface area contributed by atoms with Crippen LogP contribution in [0, 0.1) is 0 Å². The average molecular weight is 417 g/mol. The van der Waals surface area contributed by atoms with Gasteiger partial charge in [0, 0.05) is 21.8 Å². The number of aromatic nitrogens is 1. The zero-order valence-electron chi connectivity index (χ0n) is 14.3. The molecule has 3 rings (SSSR count). The Morgan fingerprint density at radius 2 is 1.92 bits per heavy atom. The quantitative estimate of drug-likeness (QED) is 0.648. The van der Waals surface area contributed by atoms with Crippen molar-refractivity contribution in [1.82, 2.24) is 5.16 Å². The first-order chi connectivity index (χ1) is 12.6. The minimum Gasteiger partial charge on any atom is -0.493 e. The maximum absolute atomic E-state index is 12.2. The fourth-order valence-electron chi connectivity index (χ4n) is 2.46. The Balaban J connectivity index is 1.70. The van der Waals surface area contributed by atoms with Crippen LogP contribution in [0.25, 0.3) is 11.3 Å². The number of carbonyl (C=O) groups is 1. The molecule has 26 heavy (non-hydrogen) atoms. The third kappa shape index (κ3) is 4.23. The normalized spacial score (nSPS) is 10.4. The van der Waals surface area contributed by atoms with Gasteiger partial charge in [-0.2, -0.15) is 0 Å². The summed E-state index contributed by atoms with van der Waals surface area (Å²) in [5.41, 5.74) is 2.05. The van der Waals surface area contributed by atoms with Crippen molar-refractivity contribution < 1.29 is 18.8 Å². The number of hydrogen-bond acceptors (Lipinski definition) is 5. The molecule has 0 atom stereocenters. The van der Waals surface area contributed by atoms with E-state index in [9.17, 15) is 4.79 Å². The van der Waals surface area contributed by atoms with Crippen LogP contribution in [0.2, 0.25) is 0 Å². The number of ether oxygens (including phenoxy) is 2. The fraction of sp³-hybridized carbons (Fsp3) is 0.158. The van der Waals surface area contributed by atoms with Crippen LogP contribution in [-0.4, -0.2) is 25.3 Å². The van der Waals surface area contributed by atoms with Crippen molar-refractivity contribution in [1.29, 1.82) is 0 Å². The van der Waals surface area contributed by atoms with E-state index in [2.05, 4.69) is 26.4 Å². The summed E-state index contributed by atoms with van der Waals surface area (Å²) in [7, 11) is 3.15. The number of carbonyl (C=O) groups excluding carboxylic acids is 1. The minimum absolute atomic E-state index is 0.114. The summed E-state index contributed by atoms with van der Waals surface area (Å²) < 4.78 is 16.8. The number of anilines is 1. The van der Waals surface area contributed by atoms with Crippen molar-refractivity contribution in [2.24, 2.45) is 0 Å². The second kappa shape index (κ2) is 8.05. The Kier molecular flexibility index (Phi) is 5.58. The SMILES string of the molecule is COc1ccc(-c2cc(CC(=O)Nc3cccc(Br)c3)no2)cc1OC. The molecule has 2 aromatic carbocycles. The van der Waals surface area contributed by atoms with E-state index >= 15 is 0 Å². The molecule has 0 aliphatic heterocycles. The Bertz CT molecular complexity index is 923. The van der Waals surface area contributed by atoms with Gasteiger partial charge in [-0.25, -0.2) is 0 Å². The summed E-state index contributed by atoms with van der Waals surface area (Å²) in [6.07, 6.45) is 0.114. The molecule has 7 heteroatoms. The molecular formula is C19H17BrN2O4. The summed E-state index contributed by atoms with van der Waals surface area (Å²) in [5, 5.41) is 6.80. The Morgan fingerprint density at radius 3 is 2.65 bits per heavy atom. The lowest BCUT2D eigenvalue weighted by molar-refractivity contribution is -0.115. The number of benzene rings is 2. The van der Waals surface area contributed by atoms with E-state index in [1.165, 1.54) is 0 Å². The highest BCUT2D eigenvalue weighted by molar-refractivity contribution is 9.10. The average Bonchev–Trinajstić information content (AvgIpc) is 3.09. The molecule has 1 heterocycles. The molecule has 0 spiro atoms. The second-order valence-electron chi connectivity index (χ2n) is 5.49. The van der Waals surface area contributed by atoms with Crippen LogP contribution in [-0.2, 0) is 11.2 Å². The minimum atomic E-state index is -0.171. The van der Waals surface area contributed by atoms with Gasteiger partial charge in [0.1, 0.15) is 0 Å². The van der Waals surface area contributed by atoms with Crippen molar-refractivity contribution >= 4 is 27.5 Å². The molecule has 0 unspecified atom stereocenters. The van der Waals surface area contributed by atoms with Crippen LogP contribution in [0.1, 0.15) is 5.69 Å². The Morgan fingerprint density at radius 1 is 1.12 bits per heavy atom. The van der Waals surface area contributed by atoms with Gasteiger partial charge in [-0.05, 0) is 36.4 Å². The third-order valence-corrected chi connectivity index (χ3v) is 4.17. The van der Waals surface area contributed by atoms with Crippen LogP contribution in [0.15, 0.2) is 57.5 Å². The maximum atomic E-state index is 12.2. The van der Waals surface area contributed by atoms with Crippen molar-refractivity contribution in [2.75, 3.05) is 19.5 Å². The van der Waals surface area contributed by atoms with Crippen LogP contribution >= 0.6 is 15.9 Å². The topological polar surface area (TPSA) is 73.6 Å². The monoisotopic (exact) mass is 416 g/mol. The maximum Gasteiger partial charge on any atom is 0.230 e. The zero-order valence-corrected chi connectivity index (χ0v) is 15.9. The van der Waals surface area contributed by atoms with Crippen LogP contribution in [0.3, 0.4) is 0 Å². The Hall–Kier alpha value is -2.80. The van der Waals surface area contributed by atoms with Gasteiger partial charge in [-0.15, -0.1) is 0 Å². The molecule has 3 aromatic rings. The number of methoxy groups -OCH3 is 2. The molecule has 0 saturated carbocycles. The van der Waals surface area contributed by atoms with Crippen LogP contribution in [0.4, 0.5) is 5.69 Å². The summed E-state index contributed by atoms with van der Waals surface area (Å²) in [4.78, 5) is 12.2. The summed E-state index contributed by atoms with van der Waals surface area (Å²) >= 11 is 3.37.